The molecule has 0 saturated carbocycles. The van der Waals surface area contributed by atoms with Crippen LogP contribution in [0.4, 0.5) is 0 Å². The first-order valence-corrected chi connectivity index (χ1v) is 6.83. The number of benzene rings is 1. The molecule has 1 heterocycles. The third-order valence-corrected chi connectivity index (χ3v) is 3.51. The predicted molar refractivity (Wildman–Crippen MR) is 79.1 cm³/mol. The third kappa shape index (κ3) is 2.69. The number of amides is 1. The van der Waals surface area contributed by atoms with Crippen molar-refractivity contribution in [3.8, 4) is 0 Å². The van der Waals surface area contributed by atoms with E-state index in [-0.39, 0.29) is 5.91 Å². The summed E-state index contributed by atoms with van der Waals surface area (Å²) in [6.07, 6.45) is 0. The highest BCUT2D eigenvalue weighted by Crippen LogP contribution is 2.27. The fourth-order valence-electron chi connectivity index (χ4n) is 2.37. The molecule has 1 aromatic heterocycles. The Morgan fingerprint density at radius 3 is 2.70 bits per heavy atom. The molecule has 0 bridgehead atoms. The van der Waals surface area contributed by atoms with Crippen molar-refractivity contribution in [1.29, 1.82) is 0 Å². The number of hydrazine groups is 1. The zero-order valence-electron chi connectivity index (χ0n) is 12.1. The molecule has 5 heteroatoms. The summed E-state index contributed by atoms with van der Waals surface area (Å²) < 4.78 is 5.85. The van der Waals surface area contributed by atoms with Crippen LogP contribution in [0.15, 0.2) is 28.7 Å². The number of rotatable bonds is 5. The van der Waals surface area contributed by atoms with Crippen molar-refractivity contribution in [3.63, 3.8) is 0 Å². The van der Waals surface area contributed by atoms with Crippen LogP contribution in [0.25, 0.3) is 11.0 Å². The van der Waals surface area contributed by atoms with Gasteiger partial charge in [0.1, 0.15) is 11.3 Å². The number of fused-ring (bicyclic) bond motifs is 1. The standard InChI is InChI=1S/C15H21N3O2/c1-4-18(10(2)3)9-13-14(15(19)17-16)11-7-5-6-8-12(11)20-13/h5-8,10H,4,9,16H2,1-3H3,(H,17,19). The quantitative estimate of drug-likeness (QED) is 0.499. The van der Waals surface area contributed by atoms with Crippen LogP contribution in [0, 0.1) is 0 Å². The van der Waals surface area contributed by atoms with Gasteiger partial charge in [0.2, 0.25) is 0 Å². The van der Waals surface area contributed by atoms with E-state index in [4.69, 9.17) is 10.3 Å². The monoisotopic (exact) mass is 275 g/mol. The largest absolute Gasteiger partial charge is 0.459 e. The van der Waals surface area contributed by atoms with Crippen molar-refractivity contribution < 1.29 is 9.21 Å². The van der Waals surface area contributed by atoms with Gasteiger partial charge in [-0.2, -0.15) is 0 Å². The Hall–Kier alpha value is -1.85. The summed E-state index contributed by atoms with van der Waals surface area (Å²) in [5.41, 5.74) is 3.44. The highest BCUT2D eigenvalue weighted by atomic mass is 16.3. The van der Waals surface area contributed by atoms with Crippen molar-refractivity contribution in [2.24, 2.45) is 5.84 Å². The molecule has 0 unspecified atom stereocenters. The van der Waals surface area contributed by atoms with Crippen LogP contribution in [-0.2, 0) is 6.54 Å². The summed E-state index contributed by atoms with van der Waals surface area (Å²) in [6.45, 7) is 7.80. The minimum atomic E-state index is -0.315. The first kappa shape index (κ1) is 14.6. The Bertz CT molecular complexity index is 604. The average molecular weight is 275 g/mol. The second-order valence-electron chi connectivity index (χ2n) is 5.03. The SMILES string of the molecule is CCN(Cc1oc2ccccc2c1C(=O)NN)C(C)C. The summed E-state index contributed by atoms with van der Waals surface area (Å²) in [6, 6.07) is 7.88. The van der Waals surface area contributed by atoms with Gasteiger partial charge in [0.15, 0.2) is 0 Å². The van der Waals surface area contributed by atoms with Gasteiger partial charge in [0, 0.05) is 11.4 Å². The summed E-state index contributed by atoms with van der Waals surface area (Å²) in [4.78, 5) is 14.3. The van der Waals surface area contributed by atoms with Gasteiger partial charge in [-0.25, -0.2) is 5.84 Å². The molecule has 0 fully saturated rings. The molecule has 1 amide bonds. The number of hydrogen-bond donors (Lipinski definition) is 2. The molecule has 0 atom stereocenters. The molecule has 0 radical (unpaired) electrons. The molecule has 20 heavy (non-hydrogen) atoms. The zero-order valence-corrected chi connectivity index (χ0v) is 12.1. The molecular formula is C15H21N3O2. The molecule has 5 nitrogen and oxygen atoms in total. The number of carbonyl (C=O) groups excluding carboxylic acids is 1. The van der Waals surface area contributed by atoms with Gasteiger partial charge in [-0.1, -0.05) is 25.1 Å². The Morgan fingerprint density at radius 1 is 1.40 bits per heavy atom. The van der Waals surface area contributed by atoms with Gasteiger partial charge in [0.25, 0.3) is 5.91 Å². The Kier molecular flexibility index (Phi) is 4.42. The van der Waals surface area contributed by atoms with Gasteiger partial charge in [-0.15, -0.1) is 0 Å². The minimum Gasteiger partial charge on any atom is -0.459 e. The Balaban J connectivity index is 2.48. The molecule has 0 spiro atoms. The zero-order chi connectivity index (χ0) is 14.7. The van der Waals surface area contributed by atoms with Crippen LogP contribution < -0.4 is 11.3 Å². The number of nitrogens with zero attached hydrogens (tertiary/aromatic N) is 1. The molecule has 3 N–H and O–H groups in total. The van der Waals surface area contributed by atoms with E-state index in [1.54, 1.807) is 0 Å². The topological polar surface area (TPSA) is 71.5 Å². The van der Waals surface area contributed by atoms with Crippen molar-refractivity contribution in [1.82, 2.24) is 10.3 Å². The number of carbonyl (C=O) groups is 1. The number of nitrogen functional groups attached to an aromatic ring is 1. The molecule has 1 aromatic carbocycles. The molecule has 108 valence electrons. The molecule has 0 aliphatic heterocycles. The summed E-state index contributed by atoms with van der Waals surface area (Å²) >= 11 is 0. The van der Waals surface area contributed by atoms with Gasteiger partial charge < -0.3 is 4.42 Å². The lowest BCUT2D eigenvalue weighted by molar-refractivity contribution is 0.0950. The Labute approximate surface area is 118 Å². The van der Waals surface area contributed by atoms with E-state index in [1.807, 2.05) is 24.3 Å². The molecule has 2 rings (SSSR count). The summed E-state index contributed by atoms with van der Waals surface area (Å²) in [5.74, 6) is 5.63. The number of hydrogen-bond acceptors (Lipinski definition) is 4. The van der Waals surface area contributed by atoms with E-state index in [0.29, 0.717) is 29.5 Å². The highest BCUT2D eigenvalue weighted by molar-refractivity contribution is 6.07. The number of furan rings is 1. The normalized spacial score (nSPS) is 11.5. The maximum Gasteiger partial charge on any atom is 0.269 e. The van der Waals surface area contributed by atoms with Gasteiger partial charge in [-0.05, 0) is 26.5 Å². The molecule has 0 aliphatic carbocycles. The first-order chi connectivity index (χ1) is 9.58. The van der Waals surface area contributed by atoms with E-state index < -0.39 is 0 Å². The molecular weight excluding hydrogens is 254 g/mol. The Morgan fingerprint density at radius 2 is 2.10 bits per heavy atom. The van der Waals surface area contributed by atoms with Crippen LogP contribution in [0.3, 0.4) is 0 Å². The predicted octanol–water partition coefficient (Wildman–Crippen LogP) is 2.27. The lowest BCUT2D eigenvalue weighted by Gasteiger charge is -2.23. The second-order valence-corrected chi connectivity index (χ2v) is 5.03. The van der Waals surface area contributed by atoms with Crippen molar-refractivity contribution in [3.05, 3.63) is 35.6 Å². The maximum absolute atomic E-state index is 12.0. The van der Waals surface area contributed by atoms with Crippen LogP contribution in [0.1, 0.15) is 36.9 Å². The van der Waals surface area contributed by atoms with Crippen molar-refractivity contribution in [2.75, 3.05) is 6.54 Å². The fraction of sp³-hybridized carbons (Fsp3) is 0.400. The average Bonchev–Trinajstić information content (AvgIpc) is 2.81. The lowest BCUT2D eigenvalue weighted by atomic mass is 10.1. The summed E-state index contributed by atoms with van der Waals surface area (Å²) in [5, 5.41) is 0.797. The van der Waals surface area contributed by atoms with E-state index in [2.05, 4.69) is 31.1 Å². The molecule has 0 aliphatic rings. The lowest BCUT2D eigenvalue weighted by Crippen LogP contribution is -2.33. The van der Waals surface area contributed by atoms with Crippen molar-refractivity contribution in [2.45, 2.75) is 33.4 Å². The first-order valence-electron chi connectivity index (χ1n) is 6.83. The van der Waals surface area contributed by atoms with E-state index >= 15 is 0 Å². The van der Waals surface area contributed by atoms with Crippen molar-refractivity contribution >= 4 is 16.9 Å². The van der Waals surface area contributed by atoms with E-state index in [1.165, 1.54) is 0 Å². The highest BCUT2D eigenvalue weighted by Gasteiger charge is 2.22. The maximum atomic E-state index is 12.0. The fourth-order valence-corrected chi connectivity index (χ4v) is 2.37. The third-order valence-electron chi connectivity index (χ3n) is 3.51. The van der Waals surface area contributed by atoms with Crippen LogP contribution in [0.2, 0.25) is 0 Å². The molecule has 0 saturated heterocycles. The van der Waals surface area contributed by atoms with Crippen LogP contribution in [-0.4, -0.2) is 23.4 Å². The smallest absolute Gasteiger partial charge is 0.269 e. The number of nitrogens with two attached hydrogens (primary N) is 1. The van der Waals surface area contributed by atoms with E-state index in [9.17, 15) is 4.79 Å². The van der Waals surface area contributed by atoms with Crippen LogP contribution >= 0.6 is 0 Å². The minimum absolute atomic E-state index is 0.315. The van der Waals surface area contributed by atoms with Gasteiger partial charge in [-0.3, -0.25) is 15.1 Å². The van der Waals surface area contributed by atoms with Crippen LogP contribution in [0.5, 0.6) is 0 Å². The second kappa shape index (κ2) is 6.07. The number of nitrogens with one attached hydrogen (secondary N) is 1. The van der Waals surface area contributed by atoms with Gasteiger partial charge >= 0.3 is 0 Å². The van der Waals surface area contributed by atoms with E-state index in [0.717, 1.165) is 11.9 Å². The number of para-hydroxylation sites is 1. The summed E-state index contributed by atoms with van der Waals surface area (Å²) in [7, 11) is 0. The molecule has 2 aromatic rings. The van der Waals surface area contributed by atoms with Gasteiger partial charge in [0.05, 0.1) is 12.1 Å².